The number of rotatable bonds is 4. The van der Waals surface area contributed by atoms with Gasteiger partial charge in [-0.25, -0.2) is 18.1 Å². The summed E-state index contributed by atoms with van der Waals surface area (Å²) in [5, 5.41) is 2.87. The third-order valence-electron chi connectivity index (χ3n) is 3.89. The fourth-order valence-electron chi connectivity index (χ4n) is 2.75. The van der Waals surface area contributed by atoms with Crippen LogP contribution in [0.15, 0.2) is 17.5 Å². The second-order valence-electron chi connectivity index (χ2n) is 5.87. The van der Waals surface area contributed by atoms with E-state index >= 15 is 0 Å². The highest BCUT2D eigenvalue weighted by Gasteiger charge is 2.27. The third kappa shape index (κ3) is 4.02. The van der Waals surface area contributed by atoms with Crippen molar-refractivity contribution < 1.29 is 13.2 Å². The van der Waals surface area contributed by atoms with Crippen molar-refractivity contribution in [3.05, 3.63) is 28.1 Å². The first-order valence-electron chi connectivity index (χ1n) is 7.61. The Bertz CT molecular complexity index is 820. The van der Waals surface area contributed by atoms with E-state index in [9.17, 15) is 13.2 Å². The molecule has 0 radical (unpaired) electrons. The predicted molar refractivity (Wildman–Crippen MR) is 97.1 cm³/mol. The van der Waals surface area contributed by atoms with Crippen LogP contribution in [0, 0.1) is 6.92 Å². The number of piperidine rings is 1. The summed E-state index contributed by atoms with van der Waals surface area (Å²) < 4.78 is 25.2. The molecule has 9 heteroatoms. The normalized spacial score (nSPS) is 16.5. The lowest BCUT2D eigenvalue weighted by Crippen LogP contribution is -2.46. The van der Waals surface area contributed by atoms with E-state index in [2.05, 4.69) is 9.71 Å². The molecule has 1 fully saturated rings. The van der Waals surface area contributed by atoms with Crippen molar-refractivity contribution >= 4 is 38.6 Å². The fraction of sp³-hybridized carbons (Fsp3) is 0.467. The molecule has 0 aliphatic carbocycles. The van der Waals surface area contributed by atoms with Crippen LogP contribution >= 0.6 is 22.7 Å². The Hall–Kier alpha value is -1.29. The number of hydrogen-bond donors (Lipinski definition) is 1. The summed E-state index contributed by atoms with van der Waals surface area (Å²) in [4.78, 5) is 20.8. The number of carbonyl (C=O) groups is 1. The Kier molecular flexibility index (Phi) is 5.05. The molecule has 3 heterocycles. The van der Waals surface area contributed by atoms with Gasteiger partial charge in [-0.1, -0.05) is 6.07 Å². The summed E-state index contributed by atoms with van der Waals surface area (Å²) in [6.45, 7) is 2.97. The first-order chi connectivity index (χ1) is 11.3. The quantitative estimate of drug-likeness (QED) is 0.876. The smallest absolute Gasteiger partial charge is 0.265 e. The standard InChI is InChI=1S/C15H19N3O3S3/c1-10-13(23-14(16-10)12-4-3-9-22-12)15(19)18-7-5-11(6-8-18)17-24(2,20)21/h3-4,9,11,17H,5-8H2,1-2H3. The lowest BCUT2D eigenvalue weighted by atomic mass is 10.1. The van der Waals surface area contributed by atoms with E-state index in [0.29, 0.717) is 30.8 Å². The summed E-state index contributed by atoms with van der Waals surface area (Å²) in [5.74, 6) is -0.00869. The molecule has 3 rings (SSSR count). The van der Waals surface area contributed by atoms with Crippen LogP contribution in [0.1, 0.15) is 28.2 Å². The summed E-state index contributed by atoms with van der Waals surface area (Å²) in [7, 11) is -3.20. The van der Waals surface area contributed by atoms with Gasteiger partial charge in [0.1, 0.15) is 9.88 Å². The highest BCUT2D eigenvalue weighted by atomic mass is 32.2. The minimum atomic E-state index is -3.20. The summed E-state index contributed by atoms with van der Waals surface area (Å²) in [6.07, 6.45) is 2.43. The van der Waals surface area contributed by atoms with Crippen molar-refractivity contribution in [1.29, 1.82) is 0 Å². The van der Waals surface area contributed by atoms with Gasteiger partial charge in [-0.3, -0.25) is 4.79 Å². The Morgan fingerprint density at radius 1 is 1.38 bits per heavy atom. The van der Waals surface area contributed by atoms with Crippen molar-refractivity contribution in [1.82, 2.24) is 14.6 Å². The molecule has 0 aromatic carbocycles. The number of nitrogens with zero attached hydrogens (tertiary/aromatic N) is 2. The third-order valence-corrected chi connectivity index (χ3v) is 6.83. The topological polar surface area (TPSA) is 79.4 Å². The average molecular weight is 386 g/mol. The Morgan fingerprint density at radius 3 is 2.67 bits per heavy atom. The van der Waals surface area contributed by atoms with Gasteiger partial charge < -0.3 is 4.90 Å². The van der Waals surface area contributed by atoms with E-state index < -0.39 is 10.0 Å². The number of thiophene rings is 1. The van der Waals surface area contributed by atoms with Crippen molar-refractivity contribution in [2.45, 2.75) is 25.8 Å². The molecule has 1 aliphatic heterocycles. The number of aryl methyl sites for hydroxylation is 1. The van der Waals surface area contributed by atoms with Crippen LogP contribution in [0.5, 0.6) is 0 Å². The van der Waals surface area contributed by atoms with Crippen LogP contribution in [0.3, 0.4) is 0 Å². The largest absolute Gasteiger partial charge is 0.338 e. The SMILES string of the molecule is Cc1nc(-c2cccs2)sc1C(=O)N1CCC(NS(C)(=O)=O)CC1. The monoisotopic (exact) mass is 385 g/mol. The van der Waals surface area contributed by atoms with Crippen LogP contribution in [-0.4, -0.2) is 49.6 Å². The number of hydrogen-bond acceptors (Lipinski definition) is 6. The minimum absolute atomic E-state index is 0.00869. The highest BCUT2D eigenvalue weighted by molar-refractivity contribution is 7.88. The number of carbonyl (C=O) groups excluding carboxylic acids is 1. The van der Waals surface area contributed by atoms with Gasteiger partial charge in [0, 0.05) is 19.1 Å². The van der Waals surface area contributed by atoms with Gasteiger partial charge >= 0.3 is 0 Å². The van der Waals surface area contributed by atoms with Crippen LogP contribution in [0.4, 0.5) is 0 Å². The molecule has 0 saturated carbocycles. The van der Waals surface area contributed by atoms with Crippen LogP contribution in [0.25, 0.3) is 9.88 Å². The van der Waals surface area contributed by atoms with E-state index in [1.54, 1.807) is 16.2 Å². The van der Waals surface area contributed by atoms with Crippen molar-refractivity contribution in [2.24, 2.45) is 0 Å². The fourth-order valence-corrected chi connectivity index (χ4v) is 5.42. The van der Waals surface area contributed by atoms with Gasteiger partial charge in [0.2, 0.25) is 10.0 Å². The summed E-state index contributed by atoms with van der Waals surface area (Å²) >= 11 is 3.04. The molecule has 0 atom stereocenters. The predicted octanol–water partition coefficient (Wildman–Crippen LogP) is 2.33. The van der Waals surface area contributed by atoms with Crippen LogP contribution < -0.4 is 4.72 Å². The van der Waals surface area contributed by atoms with Crippen LogP contribution in [0.2, 0.25) is 0 Å². The van der Waals surface area contributed by atoms with E-state index in [4.69, 9.17) is 0 Å². The molecule has 0 bridgehead atoms. The maximum atomic E-state index is 12.8. The lowest BCUT2D eigenvalue weighted by Gasteiger charge is -2.31. The zero-order valence-corrected chi connectivity index (χ0v) is 15.9. The Labute approximate surface area is 149 Å². The Morgan fingerprint density at radius 2 is 2.08 bits per heavy atom. The molecule has 0 spiro atoms. The minimum Gasteiger partial charge on any atom is -0.338 e. The van der Waals surface area contributed by atoms with Crippen molar-refractivity contribution in [2.75, 3.05) is 19.3 Å². The number of nitrogens with one attached hydrogen (secondary N) is 1. The number of likely N-dealkylation sites (tertiary alicyclic amines) is 1. The second-order valence-corrected chi connectivity index (χ2v) is 9.59. The molecule has 1 aliphatic rings. The van der Waals surface area contributed by atoms with Gasteiger partial charge in [0.25, 0.3) is 5.91 Å². The molecular weight excluding hydrogens is 366 g/mol. The first-order valence-corrected chi connectivity index (χ1v) is 11.2. The number of amides is 1. The molecule has 1 N–H and O–H groups in total. The van der Waals surface area contributed by atoms with Gasteiger partial charge in [0.05, 0.1) is 16.8 Å². The molecule has 130 valence electrons. The molecule has 1 saturated heterocycles. The number of aromatic nitrogens is 1. The molecule has 0 unspecified atom stereocenters. The molecule has 1 amide bonds. The zero-order valence-electron chi connectivity index (χ0n) is 13.5. The number of sulfonamides is 1. The number of thiazole rings is 1. The maximum Gasteiger partial charge on any atom is 0.265 e. The first kappa shape index (κ1) is 17.5. The second kappa shape index (κ2) is 6.91. The van der Waals surface area contributed by atoms with Crippen molar-refractivity contribution in [3.8, 4) is 9.88 Å². The summed E-state index contributed by atoms with van der Waals surface area (Å²) in [6, 6.07) is 3.88. The highest BCUT2D eigenvalue weighted by Crippen LogP contribution is 2.32. The average Bonchev–Trinajstić information content (AvgIpc) is 3.15. The zero-order chi connectivity index (χ0) is 17.3. The molecule has 6 nitrogen and oxygen atoms in total. The molecule has 2 aromatic rings. The van der Waals surface area contributed by atoms with Gasteiger partial charge in [-0.05, 0) is 31.2 Å². The van der Waals surface area contributed by atoms with E-state index in [-0.39, 0.29) is 11.9 Å². The molecular formula is C15H19N3O3S3. The maximum absolute atomic E-state index is 12.8. The van der Waals surface area contributed by atoms with Gasteiger partial charge in [-0.15, -0.1) is 22.7 Å². The molecule has 24 heavy (non-hydrogen) atoms. The van der Waals surface area contributed by atoms with E-state index in [1.807, 2.05) is 24.4 Å². The Balaban J connectivity index is 1.68. The van der Waals surface area contributed by atoms with E-state index in [0.717, 1.165) is 21.8 Å². The summed E-state index contributed by atoms with van der Waals surface area (Å²) in [5.41, 5.74) is 0.754. The van der Waals surface area contributed by atoms with Crippen molar-refractivity contribution in [3.63, 3.8) is 0 Å². The van der Waals surface area contributed by atoms with Gasteiger partial charge in [-0.2, -0.15) is 0 Å². The molecule has 2 aromatic heterocycles. The lowest BCUT2D eigenvalue weighted by molar-refractivity contribution is 0.0715. The van der Waals surface area contributed by atoms with Gasteiger partial charge in [0.15, 0.2) is 0 Å². The van der Waals surface area contributed by atoms with E-state index in [1.165, 1.54) is 11.3 Å². The van der Waals surface area contributed by atoms with Crippen LogP contribution in [-0.2, 0) is 10.0 Å².